The van der Waals surface area contributed by atoms with Gasteiger partial charge in [-0.2, -0.15) is 5.06 Å². The van der Waals surface area contributed by atoms with Gasteiger partial charge in [-0.3, -0.25) is 14.4 Å². The molecular weight excluding hydrogens is 869 g/mol. The van der Waals surface area contributed by atoms with Crippen molar-refractivity contribution >= 4 is 23.6 Å². The zero-order chi connectivity index (χ0) is 49.4. The van der Waals surface area contributed by atoms with Crippen LogP contribution in [0.15, 0.2) is 97.1 Å². The van der Waals surface area contributed by atoms with Crippen molar-refractivity contribution in [1.29, 1.82) is 0 Å². The summed E-state index contributed by atoms with van der Waals surface area (Å²) >= 11 is 0. The van der Waals surface area contributed by atoms with Crippen molar-refractivity contribution in [2.75, 3.05) is 59.9 Å². The number of aryl methyl sites for hydroxylation is 1. The van der Waals surface area contributed by atoms with Crippen LogP contribution in [0, 0.1) is 29.1 Å². The number of likely N-dealkylation sites (N-methyl/N-ethyl adjacent to an activating group) is 1. The van der Waals surface area contributed by atoms with Gasteiger partial charge in [0.1, 0.15) is 24.0 Å². The van der Waals surface area contributed by atoms with Crippen LogP contribution in [0.1, 0.15) is 80.4 Å². The molecule has 0 aromatic heterocycles. The molecule has 3 aliphatic carbocycles. The van der Waals surface area contributed by atoms with Gasteiger partial charge < -0.3 is 40.3 Å². The Bertz CT molecular complexity index is 2340. The predicted octanol–water partition coefficient (Wildman–Crippen LogP) is 7.75. The number of benzene rings is 4. The highest BCUT2D eigenvalue weighted by molar-refractivity contribution is 5.97. The lowest BCUT2D eigenvalue weighted by molar-refractivity contribution is -0.183. The first-order valence-electron chi connectivity index (χ1n) is 24.9. The van der Waals surface area contributed by atoms with E-state index >= 15 is 0 Å². The summed E-state index contributed by atoms with van der Waals surface area (Å²) in [5.74, 6) is 0.762. The minimum absolute atomic E-state index is 0.0231. The van der Waals surface area contributed by atoms with Crippen LogP contribution in [-0.4, -0.2) is 118 Å². The Morgan fingerprint density at radius 2 is 1.62 bits per heavy atom. The van der Waals surface area contributed by atoms with Gasteiger partial charge in [0.05, 0.1) is 26.2 Å². The van der Waals surface area contributed by atoms with Crippen LogP contribution < -0.4 is 25.6 Å². The fraction of sp³-hybridized carbons (Fsp3) is 0.518. The zero-order valence-electron chi connectivity index (χ0n) is 42.2. The first-order chi connectivity index (χ1) is 33.1. The van der Waals surface area contributed by atoms with E-state index in [9.17, 15) is 19.5 Å². The number of carbonyl (C=O) groups is 3. The Kier molecular flexibility index (Phi) is 17.1. The lowest BCUT2D eigenvalue weighted by Gasteiger charge is -2.62. The Labute approximate surface area is 410 Å². The minimum Gasteiger partial charge on any atom is -0.496 e. The van der Waals surface area contributed by atoms with Crippen molar-refractivity contribution in [2.45, 2.75) is 103 Å². The highest BCUT2D eigenvalue weighted by Crippen LogP contribution is 2.61. The number of fused-ring (bicyclic) bond motifs is 2. The second-order valence-electron chi connectivity index (χ2n) is 20.8. The van der Waals surface area contributed by atoms with Crippen LogP contribution in [-0.2, 0) is 33.8 Å². The first-order valence-corrected chi connectivity index (χ1v) is 24.9. The second-order valence-corrected chi connectivity index (χ2v) is 20.8. The molecule has 3 saturated carbocycles. The summed E-state index contributed by atoms with van der Waals surface area (Å²) in [6.07, 6.45) is 3.15. The van der Waals surface area contributed by atoms with Gasteiger partial charge in [-0.05, 0) is 118 Å². The molecule has 4 aromatic carbocycles. The number of anilines is 1. The Morgan fingerprint density at radius 1 is 0.913 bits per heavy atom. The second kappa shape index (κ2) is 23.0. The molecule has 13 nitrogen and oxygen atoms in total. The molecule has 1 saturated heterocycles. The fourth-order valence-electron chi connectivity index (χ4n) is 11.3. The maximum absolute atomic E-state index is 14.9. The number of nitrogens with one attached hydrogen (secondary N) is 3. The van der Waals surface area contributed by atoms with Crippen molar-refractivity contribution in [3.63, 3.8) is 0 Å². The predicted molar refractivity (Wildman–Crippen MR) is 272 cm³/mol. The highest BCUT2D eigenvalue weighted by atomic mass is 16.7. The Hall–Kier alpha value is -5.47. The molecule has 69 heavy (non-hydrogen) atoms. The lowest BCUT2D eigenvalue weighted by Crippen LogP contribution is -2.62. The standard InChI is InChI=1S/C56H76N6O7/c1-36-47-31-43(56(47,3)4)32-48(36)59-54(65)51-50(37(2)68-55(66)57-26-17-16-21-38-19-12-10-13-20-38)49(35-63)69-62(51)33-40-24-18-25-46(52(40)67-9)41-28-42(30-45(29-41)61(7)8)53(64)58-44(34-60(5)6)27-39-22-14-11-15-23-39/h10-15,18-20,22-25,28-30,36-37,43-44,47-51,63H,16-17,21,26-27,31-35H2,1-9H3,(H,57,66)(H,58,64)(H,59,65)/t36-,37-,43-,44-,47+,48-,49-,50+,51-/m0/s1. The van der Waals surface area contributed by atoms with Gasteiger partial charge in [-0.15, -0.1) is 0 Å². The van der Waals surface area contributed by atoms with Crippen LogP contribution in [0.5, 0.6) is 5.75 Å². The normalized spacial score (nSPS) is 23.6. The Balaban J connectivity index is 1.13. The molecule has 1 aliphatic heterocycles. The molecule has 372 valence electrons. The van der Waals surface area contributed by atoms with Gasteiger partial charge in [0.2, 0.25) is 5.91 Å². The number of alkyl carbamates (subject to hydrolysis) is 1. The molecule has 4 N–H and O–H groups in total. The number of hydroxylamine groups is 2. The molecule has 0 radical (unpaired) electrons. The molecule has 0 unspecified atom stereocenters. The third-order valence-corrected chi connectivity index (χ3v) is 15.2. The maximum Gasteiger partial charge on any atom is 0.407 e. The van der Waals surface area contributed by atoms with Crippen molar-refractivity contribution < 1.29 is 33.8 Å². The third kappa shape index (κ3) is 12.3. The van der Waals surface area contributed by atoms with Crippen LogP contribution >= 0.6 is 0 Å². The van der Waals surface area contributed by atoms with Gasteiger partial charge in [-0.1, -0.05) is 99.6 Å². The van der Waals surface area contributed by atoms with Crippen molar-refractivity contribution in [3.8, 4) is 16.9 Å². The number of aliphatic hydroxyl groups excluding tert-OH is 1. The molecule has 9 atom stereocenters. The number of hydrogen-bond acceptors (Lipinski definition) is 10. The monoisotopic (exact) mass is 945 g/mol. The van der Waals surface area contributed by atoms with Gasteiger partial charge in [0, 0.05) is 61.6 Å². The number of methoxy groups -OCH3 is 1. The van der Waals surface area contributed by atoms with E-state index in [2.05, 4.69) is 65.9 Å². The number of ether oxygens (including phenoxy) is 2. The topological polar surface area (TPSA) is 145 Å². The molecule has 1 heterocycles. The number of amides is 3. The SMILES string of the molecule is COc1c(CN2O[C@@H](CO)[C@@H]([C@H](C)OC(=O)NCCCCc3ccccc3)[C@H]2C(=O)N[C@H]2C[C@@H]3C[C@H]([C@@H]2C)C3(C)C)cccc1-c1cc(C(=O)N[C@@H](Cc2ccccc2)CN(C)C)cc(N(C)C)c1. The largest absolute Gasteiger partial charge is 0.496 e. The quantitative estimate of drug-likeness (QED) is 0.0613. The molecule has 4 aromatic rings. The summed E-state index contributed by atoms with van der Waals surface area (Å²) in [6, 6.07) is 31.0. The highest BCUT2D eigenvalue weighted by Gasteiger charge is 2.57. The van der Waals surface area contributed by atoms with Gasteiger partial charge in [-0.25, -0.2) is 4.79 Å². The molecular formula is C56H76N6O7. The average Bonchev–Trinajstić information content (AvgIpc) is 3.70. The molecule has 2 bridgehead atoms. The number of nitrogens with zero attached hydrogens (tertiary/aromatic N) is 3. The van der Waals surface area contributed by atoms with E-state index in [1.807, 2.05) is 106 Å². The smallest absolute Gasteiger partial charge is 0.407 e. The first kappa shape index (κ1) is 51.4. The van der Waals surface area contributed by atoms with Gasteiger partial charge >= 0.3 is 6.09 Å². The van der Waals surface area contributed by atoms with E-state index < -0.39 is 36.9 Å². The molecule has 8 rings (SSSR count). The summed E-state index contributed by atoms with van der Waals surface area (Å²) in [6.45, 7) is 9.53. The van der Waals surface area contributed by atoms with Crippen molar-refractivity contribution in [3.05, 3.63) is 119 Å². The van der Waals surface area contributed by atoms with Crippen LogP contribution in [0.3, 0.4) is 0 Å². The van der Waals surface area contributed by atoms with E-state index in [0.717, 1.165) is 53.6 Å². The molecule has 4 fully saturated rings. The number of unbranched alkanes of at least 4 members (excludes halogenated alkanes) is 1. The van der Waals surface area contributed by atoms with E-state index in [1.165, 1.54) is 12.0 Å². The van der Waals surface area contributed by atoms with Crippen LogP contribution in [0.25, 0.3) is 11.1 Å². The maximum atomic E-state index is 14.9. The van der Waals surface area contributed by atoms with Crippen molar-refractivity contribution in [1.82, 2.24) is 25.9 Å². The number of aliphatic hydroxyl groups is 1. The average molecular weight is 945 g/mol. The molecule has 4 aliphatic rings. The van der Waals surface area contributed by atoms with Crippen LogP contribution in [0.4, 0.5) is 10.5 Å². The zero-order valence-corrected chi connectivity index (χ0v) is 42.2. The van der Waals surface area contributed by atoms with Crippen molar-refractivity contribution in [2.24, 2.45) is 29.1 Å². The summed E-state index contributed by atoms with van der Waals surface area (Å²) in [5, 5.41) is 22.1. The van der Waals surface area contributed by atoms with Gasteiger partial charge in [0.25, 0.3) is 5.91 Å². The lowest BCUT2D eigenvalue weighted by atomic mass is 9.45. The summed E-state index contributed by atoms with van der Waals surface area (Å²) in [7, 11) is 9.51. The third-order valence-electron chi connectivity index (χ3n) is 15.2. The molecule has 13 heteroatoms. The minimum atomic E-state index is -0.916. The summed E-state index contributed by atoms with van der Waals surface area (Å²) in [4.78, 5) is 53.0. The fourth-order valence-corrected chi connectivity index (χ4v) is 11.3. The number of hydrogen-bond donors (Lipinski definition) is 4. The summed E-state index contributed by atoms with van der Waals surface area (Å²) in [5.41, 5.74) is 6.25. The number of para-hydroxylation sites is 1. The van der Waals surface area contributed by atoms with E-state index in [0.29, 0.717) is 42.7 Å². The number of rotatable bonds is 21. The summed E-state index contributed by atoms with van der Waals surface area (Å²) < 4.78 is 12.2. The van der Waals surface area contributed by atoms with Gasteiger partial charge in [0.15, 0.2) is 0 Å². The Morgan fingerprint density at radius 3 is 2.26 bits per heavy atom. The van der Waals surface area contributed by atoms with Crippen LogP contribution in [0.2, 0.25) is 0 Å². The van der Waals surface area contributed by atoms with E-state index in [4.69, 9.17) is 14.3 Å². The van der Waals surface area contributed by atoms with E-state index in [1.54, 1.807) is 19.1 Å². The molecule has 0 spiro atoms. The molecule has 3 amide bonds. The number of carbonyl (C=O) groups excluding carboxylic acids is 3. The van der Waals surface area contributed by atoms with E-state index in [-0.39, 0.29) is 41.8 Å².